The summed E-state index contributed by atoms with van der Waals surface area (Å²) in [7, 11) is 0. The summed E-state index contributed by atoms with van der Waals surface area (Å²) in [4.78, 5) is 5.46. The molecule has 3 nitrogen and oxygen atoms in total. The van der Waals surface area contributed by atoms with Crippen molar-refractivity contribution in [2.75, 3.05) is 0 Å². The van der Waals surface area contributed by atoms with Crippen LogP contribution in [0.15, 0.2) is 53.2 Å². The van der Waals surface area contributed by atoms with E-state index in [0.717, 1.165) is 22.8 Å². The third-order valence-electron chi connectivity index (χ3n) is 6.96. The van der Waals surface area contributed by atoms with E-state index in [4.69, 9.17) is 15.6 Å². The Balaban J connectivity index is 0.00000382. The quantitative estimate of drug-likeness (QED) is 0.218. The molecule has 2 aromatic rings. The van der Waals surface area contributed by atoms with Crippen LogP contribution in [-0.4, -0.2) is 5.71 Å². The van der Waals surface area contributed by atoms with Gasteiger partial charge in [-0.15, -0.1) is 5.69 Å². The first kappa shape index (κ1) is 38.7. The summed E-state index contributed by atoms with van der Waals surface area (Å²) >= 11 is 0. The van der Waals surface area contributed by atoms with Crippen molar-refractivity contribution < 1.29 is 17.1 Å². The van der Waals surface area contributed by atoms with Crippen molar-refractivity contribution >= 4 is 17.1 Å². The van der Waals surface area contributed by atoms with Crippen LogP contribution in [0.5, 0.6) is 0 Å². The average molecular weight is 606 g/mol. The minimum absolute atomic E-state index is 0. The van der Waals surface area contributed by atoms with Gasteiger partial charge in [0, 0.05) is 18.1 Å². The van der Waals surface area contributed by atoms with Crippen LogP contribution in [0, 0.1) is 22.2 Å². The van der Waals surface area contributed by atoms with Crippen molar-refractivity contribution in [3.05, 3.63) is 75.7 Å². The van der Waals surface area contributed by atoms with Gasteiger partial charge in [0.15, 0.2) is 0 Å². The van der Waals surface area contributed by atoms with Crippen molar-refractivity contribution in [1.29, 1.82) is 5.26 Å². The summed E-state index contributed by atoms with van der Waals surface area (Å²) in [6.45, 7) is 33.1. The van der Waals surface area contributed by atoms with Gasteiger partial charge in [-0.1, -0.05) is 151 Å². The number of nitriles is 1. The maximum absolute atomic E-state index is 7.32. The second-order valence-electron chi connectivity index (χ2n) is 14.1. The topological polar surface area (TPSA) is 50.2 Å². The van der Waals surface area contributed by atoms with Gasteiger partial charge in [-0.3, -0.25) is 4.99 Å². The standard InChI is InChI=1S/C35H53N2.C2H3N.Cu/c1-22(2)26-17-15-18-27(23(3)4)32(26)36-30(34(9,10)11)21-31(35(12,13)14)37-33-28(24(5)6)19-16-20-29(33)25(7)8;1-2-3;/h15-25H,1-14H3;1H3;/q-1;;+1/b30-21-,37-31?;;. The average Bonchev–Trinajstić information content (AvgIpc) is 2.81. The van der Waals surface area contributed by atoms with Crippen molar-refractivity contribution in [1.82, 2.24) is 0 Å². The van der Waals surface area contributed by atoms with Crippen LogP contribution >= 0.6 is 0 Å². The van der Waals surface area contributed by atoms with Crippen LogP contribution in [0.1, 0.15) is 150 Å². The van der Waals surface area contributed by atoms with Crippen LogP contribution < -0.4 is 0 Å². The summed E-state index contributed by atoms with van der Waals surface area (Å²) < 4.78 is 0. The van der Waals surface area contributed by atoms with Crippen molar-refractivity contribution in [3.8, 4) is 6.07 Å². The molecule has 0 fully saturated rings. The van der Waals surface area contributed by atoms with Gasteiger partial charge in [-0.25, -0.2) is 0 Å². The van der Waals surface area contributed by atoms with Crippen LogP contribution in [0.2, 0.25) is 0 Å². The molecule has 4 heteroatoms. The molecule has 0 heterocycles. The Bertz CT molecular complexity index is 1160. The SMILES string of the molecule is CC#N.CC(C)c1cccc(C(C)C)c1N=C(/C=C(\[N-]c1c(C(C)C)cccc1C(C)C)C(C)(C)C)C(C)(C)C.[Cu+]. The molecule has 0 aliphatic rings. The molecule has 0 aliphatic heterocycles. The third kappa shape index (κ3) is 11.1. The number of rotatable bonds is 8. The van der Waals surface area contributed by atoms with Crippen molar-refractivity contribution in [2.45, 2.75) is 128 Å². The van der Waals surface area contributed by atoms with E-state index in [1.165, 1.54) is 29.2 Å². The summed E-state index contributed by atoms with van der Waals surface area (Å²) in [5, 5.41) is 12.8. The van der Waals surface area contributed by atoms with Gasteiger partial charge >= 0.3 is 17.1 Å². The van der Waals surface area contributed by atoms with Gasteiger partial charge in [-0.2, -0.15) is 11.0 Å². The molecular weight excluding hydrogens is 550 g/mol. The van der Waals surface area contributed by atoms with E-state index in [0.29, 0.717) is 23.7 Å². The minimum Gasteiger partial charge on any atom is -0.660 e. The summed E-state index contributed by atoms with van der Waals surface area (Å²) in [5.41, 5.74) is 9.37. The molecule has 0 saturated carbocycles. The molecule has 0 bridgehead atoms. The Morgan fingerprint density at radius 1 is 0.707 bits per heavy atom. The van der Waals surface area contributed by atoms with Gasteiger partial charge in [0.2, 0.25) is 0 Å². The first-order valence-electron chi connectivity index (χ1n) is 15.0. The maximum atomic E-state index is 7.32. The number of aliphatic imine (C=N–C) groups is 1. The smallest absolute Gasteiger partial charge is 0.660 e. The van der Waals surface area contributed by atoms with Gasteiger partial charge in [0.25, 0.3) is 0 Å². The second kappa shape index (κ2) is 16.3. The van der Waals surface area contributed by atoms with E-state index < -0.39 is 0 Å². The molecule has 0 unspecified atom stereocenters. The van der Waals surface area contributed by atoms with E-state index >= 15 is 0 Å². The van der Waals surface area contributed by atoms with Crippen LogP contribution in [-0.2, 0) is 17.1 Å². The monoisotopic (exact) mass is 605 g/mol. The number of hydrogen-bond donors (Lipinski definition) is 0. The molecule has 0 amide bonds. The number of nitrogens with zero attached hydrogens (tertiary/aromatic N) is 3. The molecule has 0 saturated heterocycles. The summed E-state index contributed by atoms with van der Waals surface area (Å²) in [5.74, 6) is 1.61. The molecule has 230 valence electrons. The van der Waals surface area contributed by atoms with E-state index in [1.807, 2.05) is 0 Å². The predicted molar refractivity (Wildman–Crippen MR) is 178 cm³/mol. The molecule has 0 aromatic heterocycles. The Kier molecular flexibility index (Phi) is 15.4. The Morgan fingerprint density at radius 2 is 1.05 bits per heavy atom. The van der Waals surface area contributed by atoms with E-state index in [-0.39, 0.29) is 27.9 Å². The van der Waals surface area contributed by atoms with Gasteiger partial charge < -0.3 is 5.32 Å². The first-order valence-corrected chi connectivity index (χ1v) is 15.0. The van der Waals surface area contributed by atoms with Gasteiger partial charge in [0.05, 0.1) is 11.8 Å². The first-order chi connectivity index (χ1) is 18.4. The number of allylic oxidation sites excluding steroid dienone is 2. The minimum atomic E-state index is -0.136. The normalized spacial score (nSPS) is 12.7. The molecule has 0 N–H and O–H groups in total. The fourth-order valence-electron chi connectivity index (χ4n) is 4.49. The van der Waals surface area contributed by atoms with Crippen molar-refractivity contribution in [2.24, 2.45) is 15.8 Å². The van der Waals surface area contributed by atoms with Crippen LogP contribution in [0.3, 0.4) is 0 Å². The largest absolute Gasteiger partial charge is 1.00 e. The van der Waals surface area contributed by atoms with Gasteiger partial charge in [0.1, 0.15) is 0 Å². The van der Waals surface area contributed by atoms with Gasteiger partial charge in [-0.05, 0) is 40.2 Å². The number of benzene rings is 2. The third-order valence-corrected chi connectivity index (χ3v) is 6.96. The zero-order chi connectivity index (χ0) is 31.0. The van der Waals surface area contributed by atoms with E-state index in [9.17, 15) is 0 Å². The molecule has 0 spiro atoms. The fourth-order valence-corrected chi connectivity index (χ4v) is 4.49. The zero-order valence-electron chi connectivity index (χ0n) is 28.5. The zero-order valence-corrected chi connectivity index (χ0v) is 29.4. The molecule has 2 rings (SSSR count). The Morgan fingerprint density at radius 3 is 1.34 bits per heavy atom. The molecule has 2 aromatic carbocycles. The summed E-state index contributed by atoms with van der Waals surface area (Å²) in [6, 6.07) is 15.1. The number of hydrogen-bond acceptors (Lipinski definition) is 2. The van der Waals surface area contributed by atoms with E-state index in [1.54, 1.807) is 6.07 Å². The van der Waals surface area contributed by atoms with Crippen LogP contribution in [0.25, 0.3) is 5.32 Å². The fraction of sp³-hybridized carbons (Fsp3) is 0.568. The summed E-state index contributed by atoms with van der Waals surface area (Å²) in [6.07, 6.45) is 2.28. The Labute approximate surface area is 263 Å². The van der Waals surface area contributed by atoms with E-state index in [2.05, 4.69) is 139 Å². The molecule has 41 heavy (non-hydrogen) atoms. The van der Waals surface area contributed by atoms with Crippen molar-refractivity contribution in [3.63, 3.8) is 0 Å². The Hall–Kier alpha value is -2.34. The maximum Gasteiger partial charge on any atom is 1.00 e. The second-order valence-corrected chi connectivity index (χ2v) is 14.1. The molecule has 0 aliphatic carbocycles. The molecular formula is C37H56CuN3. The van der Waals surface area contributed by atoms with Crippen LogP contribution in [0.4, 0.5) is 11.4 Å². The predicted octanol–water partition coefficient (Wildman–Crippen LogP) is 12.5. The molecule has 0 atom stereocenters. The molecule has 0 radical (unpaired) electrons. The number of para-hydroxylation sites is 2.